The van der Waals surface area contributed by atoms with Gasteiger partial charge in [0.2, 0.25) is 0 Å². The minimum atomic E-state index is -0.228. The maximum atomic E-state index is 12.5. The Bertz CT molecular complexity index is 1090. The van der Waals surface area contributed by atoms with Crippen molar-refractivity contribution in [2.24, 2.45) is 0 Å². The number of nitrogens with one attached hydrogen (secondary N) is 3. The van der Waals surface area contributed by atoms with Crippen molar-refractivity contribution in [3.8, 4) is 0 Å². The zero-order valence-corrected chi connectivity index (χ0v) is 17.4. The zero-order valence-electron chi connectivity index (χ0n) is 17.4. The van der Waals surface area contributed by atoms with E-state index in [1.54, 1.807) is 49.2 Å². The second kappa shape index (κ2) is 11.1. The van der Waals surface area contributed by atoms with Crippen LogP contribution in [0.2, 0.25) is 0 Å². The summed E-state index contributed by atoms with van der Waals surface area (Å²) in [6.07, 6.45) is 8.49. The summed E-state index contributed by atoms with van der Waals surface area (Å²) >= 11 is 0. The van der Waals surface area contributed by atoms with Crippen LogP contribution in [-0.4, -0.2) is 20.9 Å². The number of carbonyl (C=O) groups excluding carboxylic acids is 1. The standard InChI is InChI=1S/C22H18N6O.C2H6/c29-22(16-1-3-17(4-2-16)26-18-5-10-23-11-6-18)28-21-15-20(9-14-25-21)27-19-7-12-24-13-8-19;1-2/h1-15H,(H,23,26)(H2,24,25,27,28,29);1-2H3. The number of nitrogens with zero attached hydrogens (tertiary/aromatic N) is 3. The highest BCUT2D eigenvalue weighted by Crippen LogP contribution is 2.19. The molecular formula is C24H24N6O. The summed E-state index contributed by atoms with van der Waals surface area (Å²) in [5.74, 6) is 0.238. The second-order valence-corrected chi connectivity index (χ2v) is 6.18. The van der Waals surface area contributed by atoms with Crippen LogP contribution in [0.15, 0.2) is 91.6 Å². The first-order valence-electron chi connectivity index (χ1n) is 9.98. The van der Waals surface area contributed by atoms with Gasteiger partial charge in [0.1, 0.15) is 5.82 Å². The Balaban J connectivity index is 0.00000132. The number of benzene rings is 1. The zero-order chi connectivity index (χ0) is 21.9. The predicted octanol–water partition coefficient (Wildman–Crippen LogP) is 5.64. The quantitative estimate of drug-likeness (QED) is 0.380. The first-order valence-corrected chi connectivity index (χ1v) is 9.98. The molecule has 0 atom stereocenters. The van der Waals surface area contributed by atoms with Crippen molar-refractivity contribution in [1.29, 1.82) is 0 Å². The lowest BCUT2D eigenvalue weighted by atomic mass is 10.2. The lowest BCUT2D eigenvalue weighted by Gasteiger charge is -2.10. The van der Waals surface area contributed by atoms with Crippen molar-refractivity contribution >= 4 is 34.5 Å². The van der Waals surface area contributed by atoms with Gasteiger partial charge in [0.05, 0.1) is 0 Å². The van der Waals surface area contributed by atoms with Crippen LogP contribution < -0.4 is 16.0 Å². The summed E-state index contributed by atoms with van der Waals surface area (Å²) in [7, 11) is 0. The van der Waals surface area contributed by atoms with Gasteiger partial charge in [-0.2, -0.15) is 0 Å². The second-order valence-electron chi connectivity index (χ2n) is 6.18. The van der Waals surface area contributed by atoms with E-state index in [0.29, 0.717) is 11.4 Å². The molecule has 3 N–H and O–H groups in total. The SMILES string of the molecule is CC.O=C(Nc1cc(Nc2ccncc2)ccn1)c1ccc(Nc2ccncc2)cc1. The van der Waals surface area contributed by atoms with Crippen molar-refractivity contribution < 1.29 is 4.79 Å². The Morgan fingerprint density at radius 1 is 0.645 bits per heavy atom. The van der Waals surface area contributed by atoms with Crippen LogP contribution in [0.4, 0.5) is 28.6 Å². The maximum Gasteiger partial charge on any atom is 0.256 e. The molecule has 0 aliphatic heterocycles. The fourth-order valence-corrected chi connectivity index (χ4v) is 2.67. The van der Waals surface area contributed by atoms with Gasteiger partial charge in [-0.25, -0.2) is 4.98 Å². The number of hydrogen-bond acceptors (Lipinski definition) is 6. The largest absolute Gasteiger partial charge is 0.355 e. The fraction of sp³-hybridized carbons (Fsp3) is 0.0833. The highest BCUT2D eigenvalue weighted by atomic mass is 16.1. The van der Waals surface area contributed by atoms with Gasteiger partial charge in [-0.15, -0.1) is 0 Å². The maximum absolute atomic E-state index is 12.5. The van der Waals surface area contributed by atoms with E-state index in [-0.39, 0.29) is 5.91 Å². The molecule has 0 unspecified atom stereocenters. The monoisotopic (exact) mass is 412 g/mol. The molecule has 0 fully saturated rings. The number of aromatic nitrogens is 3. The average molecular weight is 412 g/mol. The molecule has 1 amide bonds. The Morgan fingerprint density at radius 3 is 1.71 bits per heavy atom. The van der Waals surface area contributed by atoms with Gasteiger partial charge in [-0.05, 0) is 54.6 Å². The number of carbonyl (C=O) groups is 1. The number of anilines is 5. The molecular weight excluding hydrogens is 388 g/mol. The normalized spacial score (nSPS) is 9.74. The van der Waals surface area contributed by atoms with Crippen LogP contribution in [0.3, 0.4) is 0 Å². The van der Waals surface area contributed by atoms with Crippen LogP contribution in [0.25, 0.3) is 0 Å². The molecule has 0 aliphatic carbocycles. The molecule has 156 valence electrons. The minimum absolute atomic E-state index is 0.228. The van der Waals surface area contributed by atoms with Gasteiger partial charge in [-0.3, -0.25) is 14.8 Å². The van der Waals surface area contributed by atoms with Gasteiger partial charge in [0.25, 0.3) is 5.91 Å². The molecule has 0 bridgehead atoms. The van der Waals surface area contributed by atoms with E-state index < -0.39 is 0 Å². The van der Waals surface area contributed by atoms with Gasteiger partial charge in [0, 0.05) is 65.4 Å². The Kier molecular flexibility index (Phi) is 7.65. The minimum Gasteiger partial charge on any atom is -0.355 e. The molecule has 0 saturated heterocycles. The van der Waals surface area contributed by atoms with E-state index in [2.05, 4.69) is 30.9 Å². The number of hydrogen-bond donors (Lipinski definition) is 3. The summed E-state index contributed by atoms with van der Waals surface area (Å²) in [5, 5.41) is 9.32. The smallest absolute Gasteiger partial charge is 0.256 e. The molecule has 7 nitrogen and oxygen atoms in total. The lowest BCUT2D eigenvalue weighted by Crippen LogP contribution is -2.13. The van der Waals surface area contributed by atoms with Crippen LogP contribution in [0, 0.1) is 0 Å². The summed E-state index contributed by atoms with van der Waals surface area (Å²) in [6, 6.07) is 18.3. The van der Waals surface area contributed by atoms with Crippen molar-refractivity contribution in [1.82, 2.24) is 15.0 Å². The molecule has 0 radical (unpaired) electrons. The summed E-state index contributed by atoms with van der Waals surface area (Å²) in [6.45, 7) is 4.00. The molecule has 4 aromatic rings. The predicted molar refractivity (Wildman–Crippen MR) is 125 cm³/mol. The third-order valence-electron chi connectivity index (χ3n) is 4.09. The van der Waals surface area contributed by atoms with E-state index >= 15 is 0 Å². The number of amides is 1. The van der Waals surface area contributed by atoms with E-state index in [1.807, 2.05) is 56.3 Å². The van der Waals surface area contributed by atoms with Crippen LogP contribution in [0.5, 0.6) is 0 Å². The van der Waals surface area contributed by atoms with Crippen LogP contribution in [-0.2, 0) is 0 Å². The fourth-order valence-electron chi connectivity index (χ4n) is 2.67. The molecule has 0 saturated carbocycles. The Labute approximate surface area is 181 Å². The lowest BCUT2D eigenvalue weighted by molar-refractivity contribution is 0.102. The molecule has 4 rings (SSSR count). The molecule has 3 aromatic heterocycles. The summed E-state index contributed by atoms with van der Waals surface area (Å²) in [4.78, 5) is 24.7. The van der Waals surface area contributed by atoms with E-state index in [1.165, 1.54) is 0 Å². The number of pyridine rings is 3. The van der Waals surface area contributed by atoms with Crippen molar-refractivity contribution in [2.45, 2.75) is 13.8 Å². The molecule has 0 aliphatic rings. The first kappa shape index (κ1) is 21.4. The Hall–Kier alpha value is -4.26. The molecule has 31 heavy (non-hydrogen) atoms. The van der Waals surface area contributed by atoms with E-state index in [9.17, 15) is 4.79 Å². The molecule has 0 spiro atoms. The highest BCUT2D eigenvalue weighted by molar-refractivity contribution is 6.04. The third-order valence-corrected chi connectivity index (χ3v) is 4.09. The van der Waals surface area contributed by atoms with Crippen LogP contribution in [0.1, 0.15) is 24.2 Å². The summed E-state index contributed by atoms with van der Waals surface area (Å²) in [5.41, 5.74) is 4.08. The van der Waals surface area contributed by atoms with Gasteiger partial charge in [0.15, 0.2) is 0 Å². The molecule has 3 heterocycles. The molecule has 7 heteroatoms. The van der Waals surface area contributed by atoms with Crippen molar-refractivity contribution in [3.63, 3.8) is 0 Å². The average Bonchev–Trinajstić information content (AvgIpc) is 2.82. The number of rotatable bonds is 6. The summed E-state index contributed by atoms with van der Waals surface area (Å²) < 4.78 is 0. The Morgan fingerprint density at radius 2 is 1.13 bits per heavy atom. The van der Waals surface area contributed by atoms with Crippen LogP contribution >= 0.6 is 0 Å². The van der Waals surface area contributed by atoms with Gasteiger partial charge in [-0.1, -0.05) is 13.8 Å². The third kappa shape index (κ3) is 6.37. The first-order chi connectivity index (χ1) is 15.3. The van der Waals surface area contributed by atoms with E-state index in [0.717, 1.165) is 22.7 Å². The van der Waals surface area contributed by atoms with Crippen molar-refractivity contribution in [2.75, 3.05) is 16.0 Å². The highest BCUT2D eigenvalue weighted by Gasteiger charge is 2.08. The van der Waals surface area contributed by atoms with E-state index in [4.69, 9.17) is 0 Å². The molecule has 1 aromatic carbocycles. The van der Waals surface area contributed by atoms with Crippen molar-refractivity contribution in [3.05, 3.63) is 97.2 Å². The van der Waals surface area contributed by atoms with Gasteiger partial charge < -0.3 is 16.0 Å². The topological polar surface area (TPSA) is 91.8 Å². The van der Waals surface area contributed by atoms with Gasteiger partial charge >= 0.3 is 0 Å².